The molecule has 3 fully saturated rings. The zero-order valence-corrected chi connectivity index (χ0v) is 14.5. The lowest BCUT2D eigenvalue weighted by Gasteiger charge is -2.33. The largest absolute Gasteiger partial charge is 0.376 e. The third kappa shape index (κ3) is 3.16. The first-order valence-corrected chi connectivity index (χ1v) is 9.44. The van der Waals surface area contributed by atoms with Crippen LogP contribution >= 0.6 is 0 Å². The summed E-state index contributed by atoms with van der Waals surface area (Å²) in [5, 5.41) is 7.42. The molecule has 1 saturated carbocycles. The molecule has 1 aliphatic carbocycles. The summed E-state index contributed by atoms with van der Waals surface area (Å²) in [5.74, 6) is 0.696. The molecule has 2 saturated heterocycles. The Morgan fingerprint density at radius 3 is 3.04 bits per heavy atom. The van der Waals surface area contributed by atoms with Crippen molar-refractivity contribution in [2.45, 2.75) is 76.6 Å². The lowest BCUT2D eigenvalue weighted by molar-refractivity contribution is 0.0940. The van der Waals surface area contributed by atoms with Crippen LogP contribution in [0.3, 0.4) is 0 Å². The lowest BCUT2D eigenvalue weighted by atomic mass is 9.85. The van der Waals surface area contributed by atoms with E-state index in [0.717, 1.165) is 44.5 Å². The van der Waals surface area contributed by atoms with Crippen molar-refractivity contribution < 1.29 is 9.53 Å². The number of rotatable bonds is 3. The van der Waals surface area contributed by atoms with Crippen LogP contribution in [0, 0.1) is 5.92 Å². The minimum atomic E-state index is 0.0357. The average molecular weight is 332 g/mol. The smallest absolute Gasteiger partial charge is 0.322 e. The van der Waals surface area contributed by atoms with Gasteiger partial charge >= 0.3 is 6.03 Å². The molecule has 2 amide bonds. The molecule has 1 N–H and O–H groups in total. The summed E-state index contributed by atoms with van der Waals surface area (Å²) in [7, 11) is 0. The third-order valence-corrected chi connectivity index (χ3v) is 5.88. The third-order valence-electron chi connectivity index (χ3n) is 5.88. The number of anilines is 1. The second-order valence-electron chi connectivity index (χ2n) is 7.62. The normalized spacial score (nSPS) is 32.8. The van der Waals surface area contributed by atoms with E-state index in [1.165, 1.54) is 19.3 Å². The SMILES string of the molecule is CC1CC2CCCCC2N1C(=O)Nc1cnn(CC2CCCO2)c1. The number of carbonyl (C=O) groups is 1. The molecule has 4 rings (SSSR count). The van der Waals surface area contributed by atoms with Gasteiger partial charge in [-0.05, 0) is 44.9 Å². The van der Waals surface area contributed by atoms with E-state index in [-0.39, 0.29) is 12.1 Å². The zero-order chi connectivity index (χ0) is 16.5. The standard InChI is InChI=1S/C18H28N4O2/c1-13-9-14-5-2-3-7-17(14)22(13)18(23)20-15-10-19-21(11-15)12-16-6-4-8-24-16/h10-11,13-14,16-17H,2-9,12H2,1H3,(H,20,23). The second kappa shape index (κ2) is 6.75. The van der Waals surface area contributed by atoms with Crippen molar-refractivity contribution in [3.8, 4) is 0 Å². The Kier molecular flexibility index (Phi) is 4.48. The van der Waals surface area contributed by atoms with Crippen molar-refractivity contribution in [3.63, 3.8) is 0 Å². The van der Waals surface area contributed by atoms with Gasteiger partial charge in [-0.2, -0.15) is 5.10 Å². The van der Waals surface area contributed by atoms with E-state index in [4.69, 9.17) is 4.74 Å². The van der Waals surface area contributed by atoms with Crippen molar-refractivity contribution in [1.82, 2.24) is 14.7 Å². The Bertz CT molecular complexity index is 581. The summed E-state index contributed by atoms with van der Waals surface area (Å²) in [5.41, 5.74) is 0.782. The molecule has 3 aliphatic rings. The number of nitrogens with zero attached hydrogens (tertiary/aromatic N) is 3. The van der Waals surface area contributed by atoms with Gasteiger partial charge < -0.3 is 15.0 Å². The quantitative estimate of drug-likeness (QED) is 0.924. The summed E-state index contributed by atoms with van der Waals surface area (Å²) in [4.78, 5) is 14.9. The van der Waals surface area contributed by atoms with Crippen LogP contribution in [-0.4, -0.2) is 45.5 Å². The highest BCUT2D eigenvalue weighted by atomic mass is 16.5. The summed E-state index contributed by atoms with van der Waals surface area (Å²) in [6.07, 6.45) is 12.3. The predicted octanol–water partition coefficient (Wildman–Crippen LogP) is 3.25. The van der Waals surface area contributed by atoms with Gasteiger partial charge in [-0.25, -0.2) is 4.79 Å². The molecule has 0 spiro atoms. The molecule has 24 heavy (non-hydrogen) atoms. The van der Waals surface area contributed by atoms with E-state index < -0.39 is 0 Å². The van der Waals surface area contributed by atoms with Crippen LogP contribution in [0.2, 0.25) is 0 Å². The summed E-state index contributed by atoms with van der Waals surface area (Å²) < 4.78 is 7.52. The molecule has 0 aromatic carbocycles. The molecule has 6 heteroatoms. The Labute approximate surface area is 143 Å². The van der Waals surface area contributed by atoms with Crippen LogP contribution in [0.4, 0.5) is 10.5 Å². The fourth-order valence-electron chi connectivity index (χ4n) is 4.77. The molecule has 0 radical (unpaired) electrons. The molecule has 2 aliphatic heterocycles. The monoisotopic (exact) mass is 332 g/mol. The molecule has 1 aromatic heterocycles. The number of hydrogen-bond donors (Lipinski definition) is 1. The summed E-state index contributed by atoms with van der Waals surface area (Å²) in [6.45, 7) is 3.80. The van der Waals surface area contributed by atoms with E-state index >= 15 is 0 Å². The van der Waals surface area contributed by atoms with E-state index in [1.807, 2.05) is 10.9 Å². The van der Waals surface area contributed by atoms with Crippen molar-refractivity contribution in [1.29, 1.82) is 0 Å². The molecule has 3 heterocycles. The number of likely N-dealkylation sites (tertiary alicyclic amines) is 1. The van der Waals surface area contributed by atoms with E-state index in [2.05, 4.69) is 22.2 Å². The van der Waals surface area contributed by atoms with Crippen molar-refractivity contribution in [3.05, 3.63) is 12.4 Å². The van der Waals surface area contributed by atoms with E-state index in [1.54, 1.807) is 6.20 Å². The topological polar surface area (TPSA) is 59.4 Å². The molecule has 0 bridgehead atoms. The maximum atomic E-state index is 12.8. The first-order chi connectivity index (χ1) is 11.7. The highest BCUT2D eigenvalue weighted by Gasteiger charge is 2.42. The molecule has 4 atom stereocenters. The van der Waals surface area contributed by atoms with Crippen LogP contribution in [0.15, 0.2) is 12.4 Å². The van der Waals surface area contributed by atoms with Crippen molar-refractivity contribution in [2.24, 2.45) is 5.92 Å². The van der Waals surface area contributed by atoms with Crippen LogP contribution in [0.5, 0.6) is 0 Å². The van der Waals surface area contributed by atoms with Gasteiger partial charge in [0.1, 0.15) is 0 Å². The van der Waals surface area contributed by atoms with Crippen LogP contribution in [0.25, 0.3) is 0 Å². The number of amides is 2. The average Bonchev–Trinajstić information content (AvgIpc) is 3.27. The number of nitrogens with one attached hydrogen (secondary N) is 1. The number of hydrogen-bond acceptors (Lipinski definition) is 3. The number of fused-ring (bicyclic) bond motifs is 1. The minimum Gasteiger partial charge on any atom is -0.376 e. The molecule has 1 aromatic rings. The maximum Gasteiger partial charge on any atom is 0.322 e. The van der Waals surface area contributed by atoms with Gasteiger partial charge in [-0.15, -0.1) is 0 Å². The van der Waals surface area contributed by atoms with Gasteiger partial charge in [-0.1, -0.05) is 12.8 Å². The number of carbonyl (C=O) groups excluding carboxylic acids is 1. The number of urea groups is 1. The Morgan fingerprint density at radius 2 is 2.21 bits per heavy atom. The molecular formula is C18H28N4O2. The van der Waals surface area contributed by atoms with Gasteiger partial charge in [0, 0.05) is 24.9 Å². The minimum absolute atomic E-state index is 0.0357. The van der Waals surface area contributed by atoms with E-state index in [9.17, 15) is 4.79 Å². The van der Waals surface area contributed by atoms with Gasteiger partial charge in [0.2, 0.25) is 0 Å². The first-order valence-electron chi connectivity index (χ1n) is 9.44. The second-order valence-corrected chi connectivity index (χ2v) is 7.62. The first kappa shape index (κ1) is 15.9. The Hall–Kier alpha value is -1.56. The molecule has 4 unspecified atom stereocenters. The van der Waals surface area contributed by atoms with Crippen LogP contribution in [-0.2, 0) is 11.3 Å². The fraction of sp³-hybridized carbons (Fsp3) is 0.778. The molecular weight excluding hydrogens is 304 g/mol. The van der Waals surface area contributed by atoms with Crippen LogP contribution in [0.1, 0.15) is 51.9 Å². The lowest BCUT2D eigenvalue weighted by Crippen LogP contribution is -2.44. The van der Waals surface area contributed by atoms with Gasteiger partial charge in [0.15, 0.2) is 0 Å². The van der Waals surface area contributed by atoms with Crippen LogP contribution < -0.4 is 5.32 Å². The fourth-order valence-corrected chi connectivity index (χ4v) is 4.77. The number of ether oxygens (including phenoxy) is 1. The van der Waals surface area contributed by atoms with Gasteiger partial charge in [0.25, 0.3) is 0 Å². The van der Waals surface area contributed by atoms with Gasteiger partial charge in [-0.3, -0.25) is 4.68 Å². The van der Waals surface area contributed by atoms with Crippen molar-refractivity contribution >= 4 is 11.7 Å². The summed E-state index contributed by atoms with van der Waals surface area (Å²) >= 11 is 0. The Balaban J connectivity index is 1.37. The zero-order valence-electron chi connectivity index (χ0n) is 14.5. The maximum absolute atomic E-state index is 12.8. The Morgan fingerprint density at radius 1 is 1.33 bits per heavy atom. The molecule has 132 valence electrons. The highest BCUT2D eigenvalue weighted by Crippen LogP contribution is 2.39. The molecule has 6 nitrogen and oxygen atoms in total. The highest BCUT2D eigenvalue weighted by molar-refractivity contribution is 5.89. The van der Waals surface area contributed by atoms with Crippen molar-refractivity contribution in [2.75, 3.05) is 11.9 Å². The van der Waals surface area contributed by atoms with E-state index in [0.29, 0.717) is 18.0 Å². The number of aromatic nitrogens is 2. The predicted molar refractivity (Wildman–Crippen MR) is 91.9 cm³/mol. The summed E-state index contributed by atoms with van der Waals surface area (Å²) in [6, 6.07) is 0.796. The van der Waals surface area contributed by atoms with Gasteiger partial charge in [0.05, 0.1) is 24.5 Å².